The Kier molecular flexibility index (Phi) is 15.5. The average molecular weight is 585 g/mol. The van der Waals surface area contributed by atoms with Crippen molar-refractivity contribution in [3.8, 4) is 11.5 Å². The third-order valence-electron chi connectivity index (χ3n) is 8.31. The van der Waals surface area contributed by atoms with Gasteiger partial charge in [0.15, 0.2) is 11.5 Å². The molecule has 2 rings (SSSR count). The van der Waals surface area contributed by atoms with E-state index < -0.39 is 11.6 Å². The number of benzene rings is 2. The second-order valence-corrected chi connectivity index (χ2v) is 12.6. The minimum Gasteiger partial charge on any atom is -0.493 e. The number of nitrogens with one attached hydrogen (secondary N) is 1. The molecule has 0 fully saturated rings. The van der Waals surface area contributed by atoms with Gasteiger partial charge in [0, 0.05) is 31.6 Å². The van der Waals surface area contributed by atoms with Crippen LogP contribution in [0.25, 0.3) is 0 Å². The third-order valence-corrected chi connectivity index (χ3v) is 8.31. The number of rotatable bonds is 21. The maximum absolute atomic E-state index is 13.2. The van der Waals surface area contributed by atoms with Crippen molar-refractivity contribution in [3.63, 3.8) is 0 Å². The molecule has 2 aromatic carbocycles. The summed E-state index contributed by atoms with van der Waals surface area (Å²) in [7, 11) is 3.33. The van der Waals surface area contributed by atoms with Crippen molar-refractivity contribution < 1.29 is 24.1 Å². The van der Waals surface area contributed by atoms with Crippen LogP contribution in [0.2, 0.25) is 0 Å². The smallest absolute Gasteiger partial charge is 0.161 e. The summed E-state index contributed by atoms with van der Waals surface area (Å²) in [5, 5.41) is 14.7. The number of aliphatic hydroxyl groups excluding tert-OH is 1. The average Bonchev–Trinajstić information content (AvgIpc) is 2.96. The van der Waals surface area contributed by atoms with Gasteiger partial charge in [-0.2, -0.15) is 0 Å². The van der Waals surface area contributed by atoms with Crippen LogP contribution in [-0.2, 0) is 22.4 Å². The van der Waals surface area contributed by atoms with E-state index in [4.69, 9.17) is 19.9 Å². The highest BCUT2D eigenvalue weighted by Crippen LogP contribution is 2.34. The second kappa shape index (κ2) is 18.3. The largest absolute Gasteiger partial charge is 0.493 e. The zero-order valence-electron chi connectivity index (χ0n) is 27.0. The number of nitrogens with two attached hydrogens (primary N) is 1. The van der Waals surface area contributed by atoms with Gasteiger partial charge in [-0.3, -0.25) is 4.79 Å². The van der Waals surface area contributed by atoms with Gasteiger partial charge in [0.2, 0.25) is 0 Å². The first-order chi connectivity index (χ1) is 20.0. The minimum atomic E-state index is -0.838. The number of hydrogen-bond acceptors (Lipinski definition) is 7. The topological polar surface area (TPSA) is 103 Å². The van der Waals surface area contributed by atoms with E-state index in [2.05, 4.69) is 37.4 Å². The molecule has 0 radical (unpaired) electrons. The van der Waals surface area contributed by atoms with Crippen LogP contribution in [0.15, 0.2) is 48.5 Å². The first-order valence-electron chi connectivity index (χ1n) is 15.5. The molecule has 4 atom stereocenters. The van der Waals surface area contributed by atoms with E-state index >= 15 is 0 Å². The fraction of sp³-hybridized carbons (Fsp3) is 0.629. The number of ketones is 1. The fourth-order valence-corrected chi connectivity index (χ4v) is 5.40. The van der Waals surface area contributed by atoms with Crippen molar-refractivity contribution in [2.75, 3.05) is 40.5 Å². The number of Topliss-reactive ketones (excluding diaryl/α,β-unsaturated/α-hetero) is 1. The third kappa shape index (κ3) is 12.0. The summed E-state index contributed by atoms with van der Waals surface area (Å²) in [6.07, 6.45) is 2.66. The lowest BCUT2D eigenvalue weighted by molar-refractivity contribution is -0.125. The number of ether oxygens (including phenoxy) is 3. The van der Waals surface area contributed by atoms with Gasteiger partial charge in [-0.25, -0.2) is 0 Å². The Balaban J connectivity index is 2.00. The van der Waals surface area contributed by atoms with Gasteiger partial charge in [-0.05, 0) is 80.2 Å². The van der Waals surface area contributed by atoms with Crippen molar-refractivity contribution in [2.24, 2.45) is 29.4 Å². The van der Waals surface area contributed by atoms with Gasteiger partial charge in [0.25, 0.3) is 0 Å². The van der Waals surface area contributed by atoms with E-state index in [1.165, 1.54) is 5.56 Å². The number of methoxy groups -OCH3 is 2. The van der Waals surface area contributed by atoms with Crippen LogP contribution >= 0.6 is 0 Å². The van der Waals surface area contributed by atoms with E-state index in [-0.39, 0.29) is 23.5 Å². The van der Waals surface area contributed by atoms with Crippen LogP contribution < -0.4 is 20.5 Å². The molecule has 0 saturated heterocycles. The molecule has 0 spiro atoms. The Morgan fingerprint density at radius 3 is 2.31 bits per heavy atom. The summed E-state index contributed by atoms with van der Waals surface area (Å²) in [5.41, 5.74) is 8.37. The zero-order chi connectivity index (χ0) is 31.1. The predicted molar refractivity (Wildman–Crippen MR) is 171 cm³/mol. The molecule has 0 aliphatic rings. The standard InChI is InChI=1S/C35H56N2O5/c1-25(2)29(20-28-14-15-32(41-7)33(21-28)42-19-11-18-40-6)23-35(5,36)34(39)22-30(26(3)4)31(38)24-37-17-16-27-12-9-8-10-13-27/h8-10,12-15,21,25-26,29-30,34,37,39H,11,16-20,22-24,36H2,1-7H3/t29-,30-,34-,35+/m0/s1. The van der Waals surface area contributed by atoms with E-state index in [1.54, 1.807) is 14.2 Å². The minimum absolute atomic E-state index is 0.112. The number of carbonyl (C=O) groups excluding carboxylic acids is 1. The molecule has 7 nitrogen and oxygen atoms in total. The molecule has 7 heteroatoms. The lowest BCUT2D eigenvalue weighted by Crippen LogP contribution is -2.51. The monoisotopic (exact) mass is 584 g/mol. The Bertz CT molecular complexity index is 1040. The maximum Gasteiger partial charge on any atom is 0.161 e. The van der Waals surface area contributed by atoms with Gasteiger partial charge in [0.05, 0.1) is 26.4 Å². The van der Waals surface area contributed by atoms with Crippen LogP contribution in [0, 0.1) is 23.7 Å². The maximum atomic E-state index is 13.2. The predicted octanol–water partition coefficient (Wildman–Crippen LogP) is 5.46. The first kappa shape index (κ1) is 35.7. The molecule has 236 valence electrons. The van der Waals surface area contributed by atoms with Crippen LogP contribution in [0.4, 0.5) is 0 Å². The first-order valence-corrected chi connectivity index (χ1v) is 15.5. The Hall–Kier alpha value is -2.45. The molecule has 0 amide bonds. The lowest BCUT2D eigenvalue weighted by atomic mass is 9.74. The van der Waals surface area contributed by atoms with Crippen LogP contribution in [0.5, 0.6) is 11.5 Å². The van der Waals surface area contributed by atoms with Crippen LogP contribution in [0.3, 0.4) is 0 Å². The van der Waals surface area contributed by atoms with Gasteiger partial charge in [-0.15, -0.1) is 0 Å². The highest BCUT2D eigenvalue weighted by Gasteiger charge is 2.36. The highest BCUT2D eigenvalue weighted by molar-refractivity contribution is 5.83. The molecule has 0 aliphatic heterocycles. The van der Waals surface area contributed by atoms with E-state index in [9.17, 15) is 9.90 Å². The van der Waals surface area contributed by atoms with Gasteiger partial charge in [0.1, 0.15) is 5.78 Å². The van der Waals surface area contributed by atoms with E-state index in [1.807, 2.05) is 51.1 Å². The van der Waals surface area contributed by atoms with Crippen molar-refractivity contribution >= 4 is 5.78 Å². The second-order valence-electron chi connectivity index (χ2n) is 12.6. The van der Waals surface area contributed by atoms with Crippen LogP contribution in [0.1, 0.15) is 65.0 Å². The van der Waals surface area contributed by atoms with E-state index in [0.717, 1.165) is 37.1 Å². The molecule has 0 unspecified atom stereocenters. The Labute approximate surface area is 254 Å². The summed E-state index contributed by atoms with van der Waals surface area (Å²) in [6, 6.07) is 16.3. The Morgan fingerprint density at radius 1 is 0.976 bits per heavy atom. The molecular formula is C35H56N2O5. The van der Waals surface area contributed by atoms with Gasteiger partial charge in [-0.1, -0.05) is 64.1 Å². The quantitative estimate of drug-likeness (QED) is 0.168. The summed E-state index contributed by atoms with van der Waals surface area (Å²) >= 11 is 0. The molecule has 0 heterocycles. The molecule has 4 N–H and O–H groups in total. The number of aliphatic hydroxyl groups is 1. The van der Waals surface area contributed by atoms with Crippen molar-refractivity contribution in [3.05, 3.63) is 59.7 Å². The van der Waals surface area contributed by atoms with Gasteiger partial charge < -0.3 is 30.4 Å². The summed E-state index contributed by atoms with van der Waals surface area (Å²) in [6.45, 7) is 12.6. The molecule has 2 aromatic rings. The van der Waals surface area contributed by atoms with Crippen molar-refractivity contribution in [2.45, 2.75) is 78.4 Å². The van der Waals surface area contributed by atoms with Crippen LogP contribution in [-0.4, -0.2) is 63.1 Å². The van der Waals surface area contributed by atoms with Crippen molar-refractivity contribution in [1.29, 1.82) is 0 Å². The van der Waals surface area contributed by atoms with E-state index in [0.29, 0.717) is 44.3 Å². The molecule has 0 aromatic heterocycles. The summed E-state index contributed by atoms with van der Waals surface area (Å²) < 4.78 is 16.6. The Morgan fingerprint density at radius 2 is 1.69 bits per heavy atom. The SMILES string of the molecule is COCCCOc1cc(C[C@@H](C[C@@](C)(N)[C@@H](O)C[C@H](C(=O)CNCCc2ccccc2)C(C)C)C(C)C)ccc1OC. The van der Waals surface area contributed by atoms with Gasteiger partial charge >= 0.3 is 0 Å². The number of hydrogen-bond donors (Lipinski definition) is 3. The normalized spacial score (nSPS) is 15.3. The molecule has 42 heavy (non-hydrogen) atoms. The molecule has 0 bridgehead atoms. The number of carbonyl (C=O) groups is 1. The fourth-order valence-electron chi connectivity index (χ4n) is 5.40. The molecular weight excluding hydrogens is 528 g/mol. The summed E-state index contributed by atoms with van der Waals surface area (Å²) in [4.78, 5) is 13.2. The zero-order valence-corrected chi connectivity index (χ0v) is 27.0. The molecule has 0 aliphatic carbocycles. The van der Waals surface area contributed by atoms with Crippen molar-refractivity contribution in [1.82, 2.24) is 5.32 Å². The summed E-state index contributed by atoms with van der Waals surface area (Å²) in [5.74, 6) is 1.99. The lowest BCUT2D eigenvalue weighted by Gasteiger charge is -2.37. The molecule has 0 saturated carbocycles. The highest BCUT2D eigenvalue weighted by atomic mass is 16.5.